The van der Waals surface area contributed by atoms with Crippen LogP contribution in [0.1, 0.15) is 27.3 Å². The highest BCUT2D eigenvalue weighted by Crippen LogP contribution is 2.41. The lowest BCUT2D eigenvalue weighted by atomic mass is 10.00. The van der Waals surface area contributed by atoms with Gasteiger partial charge in [0.15, 0.2) is 0 Å². The Morgan fingerprint density at radius 2 is 1.85 bits per heavy atom. The van der Waals surface area contributed by atoms with E-state index in [2.05, 4.69) is 4.98 Å². The number of aryl methyl sites for hydroxylation is 1. The van der Waals surface area contributed by atoms with Crippen LogP contribution in [0.5, 0.6) is 5.75 Å². The number of nitrogens with zero attached hydrogens (tertiary/aromatic N) is 5. The number of fused-ring (bicyclic) bond motifs is 1. The van der Waals surface area contributed by atoms with Crippen molar-refractivity contribution in [3.8, 4) is 22.9 Å². The minimum absolute atomic E-state index is 0.0472. The van der Waals surface area contributed by atoms with Crippen molar-refractivity contribution in [3.63, 3.8) is 0 Å². The number of alkyl halides is 5. The van der Waals surface area contributed by atoms with Crippen molar-refractivity contribution in [2.24, 2.45) is 0 Å². The zero-order valence-electron chi connectivity index (χ0n) is 24.8. The minimum atomic E-state index is -4.90. The van der Waals surface area contributed by atoms with Crippen LogP contribution < -0.4 is 15.2 Å². The third kappa shape index (κ3) is 7.16. The van der Waals surface area contributed by atoms with Crippen LogP contribution >= 0.6 is 11.6 Å². The van der Waals surface area contributed by atoms with Gasteiger partial charge < -0.3 is 14.7 Å². The lowest BCUT2D eigenvalue weighted by Gasteiger charge is -2.37. The number of hydrogen-bond acceptors (Lipinski definition) is 7. The van der Waals surface area contributed by atoms with E-state index in [1.54, 1.807) is 36.4 Å². The van der Waals surface area contributed by atoms with Crippen LogP contribution in [0.4, 0.5) is 27.6 Å². The van der Waals surface area contributed by atoms with Crippen LogP contribution in [-0.4, -0.2) is 71.3 Å². The normalized spacial score (nSPS) is 14.1. The Labute approximate surface area is 270 Å². The molecule has 0 bridgehead atoms. The monoisotopic (exact) mass is 675 g/mol. The van der Waals surface area contributed by atoms with Crippen LogP contribution in [0.25, 0.3) is 22.0 Å². The van der Waals surface area contributed by atoms with Gasteiger partial charge in [-0.15, -0.1) is 0 Å². The second kappa shape index (κ2) is 13.5. The van der Waals surface area contributed by atoms with E-state index in [9.17, 15) is 41.9 Å². The number of carboxylic acid groups (broad SMARTS) is 1. The molecular weight excluding hydrogens is 649 g/mol. The van der Waals surface area contributed by atoms with Crippen LogP contribution in [0.15, 0.2) is 53.3 Å². The summed E-state index contributed by atoms with van der Waals surface area (Å²) in [6, 6.07) is 13.4. The van der Waals surface area contributed by atoms with Crippen molar-refractivity contribution in [2.45, 2.75) is 26.1 Å². The number of rotatable bonds is 9. The zero-order chi connectivity index (χ0) is 34.0. The molecule has 2 heterocycles. The molecule has 1 aromatic heterocycles. The summed E-state index contributed by atoms with van der Waals surface area (Å²) >= 11 is 6.20. The molecule has 0 spiro atoms. The molecule has 3 aromatic carbocycles. The first kappa shape index (κ1) is 33.6. The number of carbonyl (C=O) groups is 1. The molecule has 0 atom stereocenters. The van der Waals surface area contributed by atoms with Gasteiger partial charge in [-0.1, -0.05) is 23.7 Å². The number of ether oxygens (including phenoxy) is 1. The Morgan fingerprint density at radius 1 is 1.13 bits per heavy atom. The van der Waals surface area contributed by atoms with E-state index in [-0.39, 0.29) is 61.6 Å². The van der Waals surface area contributed by atoms with Crippen LogP contribution in [-0.2, 0) is 12.7 Å². The maximum atomic E-state index is 14.3. The molecule has 47 heavy (non-hydrogen) atoms. The molecule has 0 radical (unpaired) electrons. The van der Waals surface area contributed by atoms with Gasteiger partial charge in [-0.05, 0) is 48.9 Å². The van der Waals surface area contributed by atoms with E-state index < -0.39 is 47.5 Å². The number of piperazine rings is 1. The fraction of sp³-hybridized carbons (Fsp3) is 0.312. The van der Waals surface area contributed by atoms with Gasteiger partial charge in [-0.2, -0.15) is 18.4 Å². The van der Waals surface area contributed by atoms with E-state index >= 15 is 0 Å². The summed E-state index contributed by atoms with van der Waals surface area (Å²) in [4.78, 5) is 32.3. The summed E-state index contributed by atoms with van der Waals surface area (Å²) in [7, 11) is 0. The average Bonchev–Trinajstić information content (AvgIpc) is 3.02. The van der Waals surface area contributed by atoms with Gasteiger partial charge in [-0.25, -0.2) is 18.6 Å². The molecule has 1 saturated heterocycles. The Bertz CT molecular complexity index is 1930. The molecule has 1 N–H and O–H groups in total. The van der Waals surface area contributed by atoms with Gasteiger partial charge in [-0.3, -0.25) is 14.3 Å². The summed E-state index contributed by atoms with van der Waals surface area (Å²) in [5, 5.41) is 19.6. The molecule has 246 valence electrons. The van der Waals surface area contributed by atoms with Crippen LogP contribution in [0, 0.1) is 18.3 Å². The van der Waals surface area contributed by atoms with Gasteiger partial charge in [0.1, 0.15) is 24.3 Å². The number of aromatic carboxylic acids is 1. The minimum Gasteiger partial charge on any atom is -0.491 e. The molecule has 5 rings (SSSR count). The summed E-state index contributed by atoms with van der Waals surface area (Å²) in [5.41, 5.74) is -2.10. The number of nitriles is 1. The Hall–Kier alpha value is -4.74. The maximum Gasteiger partial charge on any atom is 0.418 e. The van der Waals surface area contributed by atoms with Gasteiger partial charge in [0.05, 0.1) is 46.4 Å². The van der Waals surface area contributed by atoms with Gasteiger partial charge in [0.2, 0.25) is 0 Å². The van der Waals surface area contributed by atoms with Crippen molar-refractivity contribution >= 4 is 34.2 Å². The summed E-state index contributed by atoms with van der Waals surface area (Å²) in [6.07, 6.45) is -7.50. The van der Waals surface area contributed by atoms with Gasteiger partial charge in [0.25, 0.3) is 12.0 Å². The number of carboxylic acids is 1. The molecule has 9 nitrogen and oxygen atoms in total. The topological polar surface area (TPSA) is 112 Å². The molecule has 4 aromatic rings. The van der Waals surface area contributed by atoms with Gasteiger partial charge >= 0.3 is 12.1 Å². The molecule has 1 aliphatic rings. The molecule has 0 amide bonds. The summed E-state index contributed by atoms with van der Waals surface area (Å²) in [6.45, 7) is 0.691. The first-order valence-corrected chi connectivity index (χ1v) is 14.7. The zero-order valence-corrected chi connectivity index (χ0v) is 25.6. The molecule has 1 fully saturated rings. The lowest BCUT2D eigenvalue weighted by molar-refractivity contribution is -0.137. The van der Waals surface area contributed by atoms with Crippen molar-refractivity contribution in [3.05, 3.63) is 86.4 Å². The molecule has 0 saturated carbocycles. The largest absolute Gasteiger partial charge is 0.491 e. The van der Waals surface area contributed by atoms with E-state index in [1.165, 1.54) is 33.4 Å². The van der Waals surface area contributed by atoms with Gasteiger partial charge in [0, 0.05) is 36.8 Å². The fourth-order valence-electron chi connectivity index (χ4n) is 5.67. The Balaban J connectivity index is 1.50. The first-order chi connectivity index (χ1) is 22.3. The third-order valence-corrected chi connectivity index (χ3v) is 8.08. The molecule has 1 aliphatic heterocycles. The smallest absolute Gasteiger partial charge is 0.418 e. The van der Waals surface area contributed by atoms with Crippen molar-refractivity contribution < 1.29 is 36.6 Å². The standard InChI is InChI=1S/C32H27ClF5N5O4/c1-18-40-25-15-24(32(36,37)38)29(42-9-7-41(8-10-42)17-27(34)35)23(16-39)28(25)30(44)43(18)11-12-47-26-6-5-21(33)14-22(26)19-3-2-4-20(13-19)31(45)46/h2-6,13-15,27H,7-12,17H2,1H3,(H,45,46). The second-order valence-corrected chi connectivity index (χ2v) is 11.3. The Kier molecular flexibility index (Phi) is 9.69. The van der Waals surface area contributed by atoms with Crippen LogP contribution in [0.2, 0.25) is 5.02 Å². The predicted molar refractivity (Wildman–Crippen MR) is 164 cm³/mol. The lowest BCUT2D eigenvalue weighted by Crippen LogP contribution is -2.48. The SMILES string of the molecule is Cc1nc2cc(C(F)(F)F)c(N3CCN(CC(F)F)CC3)c(C#N)c2c(=O)n1CCOc1ccc(Cl)cc1-c1cccc(C(=O)O)c1. The summed E-state index contributed by atoms with van der Waals surface area (Å²) in [5.74, 6) is -0.703. The average molecular weight is 676 g/mol. The molecule has 15 heteroatoms. The molecule has 0 unspecified atom stereocenters. The van der Waals surface area contributed by atoms with Crippen molar-refractivity contribution in [2.75, 3.05) is 44.2 Å². The van der Waals surface area contributed by atoms with E-state index in [0.717, 1.165) is 6.07 Å². The second-order valence-electron chi connectivity index (χ2n) is 10.8. The number of anilines is 1. The maximum absolute atomic E-state index is 14.3. The highest BCUT2D eigenvalue weighted by atomic mass is 35.5. The predicted octanol–water partition coefficient (Wildman–Crippen LogP) is 6.08. The number of benzene rings is 3. The van der Waals surface area contributed by atoms with Crippen molar-refractivity contribution in [1.82, 2.24) is 14.5 Å². The molecule has 0 aliphatic carbocycles. The van der Waals surface area contributed by atoms with Crippen molar-refractivity contribution in [1.29, 1.82) is 5.26 Å². The van der Waals surface area contributed by atoms with Crippen LogP contribution in [0.3, 0.4) is 0 Å². The highest BCUT2D eigenvalue weighted by molar-refractivity contribution is 6.31. The number of hydrogen-bond donors (Lipinski definition) is 1. The number of halogens is 6. The van der Waals surface area contributed by atoms with E-state index in [1.807, 2.05) is 0 Å². The first-order valence-electron chi connectivity index (χ1n) is 14.4. The summed E-state index contributed by atoms with van der Waals surface area (Å²) < 4.78 is 75.9. The highest BCUT2D eigenvalue weighted by Gasteiger charge is 2.39. The van der Waals surface area contributed by atoms with E-state index in [0.29, 0.717) is 21.9 Å². The Morgan fingerprint density at radius 3 is 2.49 bits per heavy atom. The third-order valence-electron chi connectivity index (χ3n) is 7.85. The quantitative estimate of drug-likeness (QED) is 0.213. The fourth-order valence-corrected chi connectivity index (χ4v) is 5.84. The van der Waals surface area contributed by atoms with E-state index in [4.69, 9.17) is 16.3 Å². The molecular formula is C32H27ClF5N5O4. The number of aromatic nitrogens is 2.